The zero-order valence-electron chi connectivity index (χ0n) is 21.0. The van der Waals surface area contributed by atoms with E-state index in [0.717, 1.165) is 19.4 Å². The molecular weight excluding hydrogens is 444 g/mol. The first-order valence-electron chi connectivity index (χ1n) is 12.1. The molecule has 35 heavy (non-hydrogen) atoms. The lowest BCUT2D eigenvalue weighted by molar-refractivity contribution is 0.0720. The molecule has 10 nitrogen and oxygen atoms in total. The highest BCUT2D eigenvalue weighted by molar-refractivity contribution is 5.96. The topological polar surface area (TPSA) is 123 Å². The van der Waals surface area contributed by atoms with Gasteiger partial charge in [-0.25, -0.2) is 9.97 Å². The molecule has 0 saturated carbocycles. The minimum atomic E-state index is -0.239. The first-order chi connectivity index (χ1) is 16.8. The minimum Gasteiger partial charge on any atom is -0.351 e. The fourth-order valence-corrected chi connectivity index (χ4v) is 3.99. The monoisotopic (exact) mass is 480 g/mol. The van der Waals surface area contributed by atoms with Gasteiger partial charge in [-0.3, -0.25) is 19.5 Å². The molecule has 3 rings (SSSR count). The molecule has 3 aromatic rings. The van der Waals surface area contributed by atoms with E-state index in [4.69, 9.17) is 0 Å². The van der Waals surface area contributed by atoms with Gasteiger partial charge in [-0.15, -0.1) is 0 Å². The number of hydrogen-bond acceptors (Lipinski definition) is 6. The standard InChI is InChI=1S/C25H36N8O2/c1-18(2)33(19(3)4)14-6-5-9-30-24(34)21-8-7-20(15-31-21)25(35)32(16-22-26-10-11-27-22)17-23-28-12-13-29-23/h7-8,10-13,15,18-19H,5-6,9,14,16-17H2,1-4H3,(H,26,27)(H,28,29)(H,30,34). The van der Waals surface area contributed by atoms with Gasteiger partial charge >= 0.3 is 0 Å². The lowest BCUT2D eigenvalue weighted by atomic mass is 10.2. The highest BCUT2D eigenvalue weighted by atomic mass is 16.2. The van der Waals surface area contributed by atoms with E-state index in [2.05, 4.69) is 62.8 Å². The van der Waals surface area contributed by atoms with Crippen LogP contribution in [0.25, 0.3) is 0 Å². The van der Waals surface area contributed by atoms with Crippen LogP contribution in [0.1, 0.15) is 73.0 Å². The van der Waals surface area contributed by atoms with Crippen LogP contribution >= 0.6 is 0 Å². The van der Waals surface area contributed by atoms with Gasteiger partial charge in [0, 0.05) is 49.6 Å². The summed E-state index contributed by atoms with van der Waals surface area (Å²) < 4.78 is 0. The van der Waals surface area contributed by atoms with Crippen molar-refractivity contribution in [2.45, 2.75) is 65.7 Å². The minimum absolute atomic E-state index is 0.225. The number of unbranched alkanes of at least 4 members (excludes halogenated alkanes) is 1. The summed E-state index contributed by atoms with van der Waals surface area (Å²) in [7, 11) is 0. The number of rotatable bonds is 13. The van der Waals surface area contributed by atoms with Crippen molar-refractivity contribution in [1.29, 1.82) is 0 Å². The Morgan fingerprint density at radius 3 is 2.03 bits per heavy atom. The molecule has 10 heteroatoms. The van der Waals surface area contributed by atoms with E-state index in [1.54, 1.807) is 41.8 Å². The summed E-state index contributed by atoms with van der Waals surface area (Å²) in [5.74, 6) is 0.867. The number of nitrogens with one attached hydrogen (secondary N) is 3. The maximum atomic E-state index is 13.2. The average molecular weight is 481 g/mol. The molecule has 0 fully saturated rings. The molecule has 0 atom stereocenters. The Labute approximate surface area is 206 Å². The zero-order chi connectivity index (χ0) is 25.2. The summed E-state index contributed by atoms with van der Waals surface area (Å²) in [6.07, 6.45) is 10.1. The summed E-state index contributed by atoms with van der Waals surface area (Å²) in [6.45, 7) is 11.0. The SMILES string of the molecule is CC(C)N(CCCCNC(=O)c1ccc(C(=O)N(Cc2ncc[nH]2)Cc2ncc[nH]2)cn1)C(C)C. The van der Waals surface area contributed by atoms with Crippen molar-refractivity contribution in [3.63, 3.8) is 0 Å². The molecule has 3 aromatic heterocycles. The maximum absolute atomic E-state index is 13.2. The van der Waals surface area contributed by atoms with Crippen LogP contribution in [0.5, 0.6) is 0 Å². The molecule has 188 valence electrons. The van der Waals surface area contributed by atoms with Crippen molar-refractivity contribution in [1.82, 2.24) is 40.0 Å². The molecule has 3 heterocycles. The summed E-state index contributed by atoms with van der Waals surface area (Å²) in [4.78, 5) is 48.4. The maximum Gasteiger partial charge on any atom is 0.269 e. The molecule has 0 aliphatic carbocycles. The highest BCUT2D eigenvalue weighted by Gasteiger charge is 2.20. The smallest absolute Gasteiger partial charge is 0.269 e. The largest absolute Gasteiger partial charge is 0.351 e. The average Bonchev–Trinajstić information content (AvgIpc) is 3.54. The normalized spacial score (nSPS) is 11.4. The molecule has 3 N–H and O–H groups in total. The molecule has 0 radical (unpaired) electrons. The van der Waals surface area contributed by atoms with E-state index in [1.165, 1.54) is 6.20 Å². The third-order valence-electron chi connectivity index (χ3n) is 5.78. The molecule has 2 amide bonds. The van der Waals surface area contributed by atoms with Crippen LogP contribution in [0.15, 0.2) is 43.1 Å². The van der Waals surface area contributed by atoms with Gasteiger partial charge in [0.05, 0.1) is 18.7 Å². The summed E-state index contributed by atoms with van der Waals surface area (Å²) in [6, 6.07) is 4.22. The number of H-pyrrole nitrogens is 2. The number of carbonyl (C=O) groups is 2. The number of hydrogen-bond donors (Lipinski definition) is 3. The van der Waals surface area contributed by atoms with Crippen molar-refractivity contribution < 1.29 is 9.59 Å². The van der Waals surface area contributed by atoms with Crippen LogP contribution < -0.4 is 5.32 Å². The van der Waals surface area contributed by atoms with Gasteiger partial charge in [0.25, 0.3) is 11.8 Å². The second-order valence-corrected chi connectivity index (χ2v) is 9.05. The van der Waals surface area contributed by atoms with Crippen LogP contribution in [0.2, 0.25) is 0 Å². The van der Waals surface area contributed by atoms with Crippen molar-refractivity contribution in [3.05, 3.63) is 66.0 Å². The number of nitrogens with zero attached hydrogens (tertiary/aromatic N) is 5. The van der Waals surface area contributed by atoms with E-state index in [0.29, 0.717) is 48.9 Å². The third kappa shape index (κ3) is 7.74. The molecule has 0 spiro atoms. The van der Waals surface area contributed by atoms with Gasteiger partial charge < -0.3 is 20.2 Å². The number of pyridine rings is 1. The fraction of sp³-hybridized carbons (Fsp3) is 0.480. The number of carbonyl (C=O) groups excluding carboxylic acids is 2. The molecule has 0 bridgehead atoms. The molecule has 0 aromatic carbocycles. The fourth-order valence-electron chi connectivity index (χ4n) is 3.99. The van der Waals surface area contributed by atoms with Gasteiger partial charge in [-0.05, 0) is 59.2 Å². The van der Waals surface area contributed by atoms with Gasteiger partial charge in [0.2, 0.25) is 0 Å². The molecule has 0 aliphatic rings. The molecule has 0 aliphatic heterocycles. The second-order valence-electron chi connectivity index (χ2n) is 9.05. The Morgan fingerprint density at radius 2 is 1.54 bits per heavy atom. The third-order valence-corrected chi connectivity index (χ3v) is 5.78. The van der Waals surface area contributed by atoms with Crippen molar-refractivity contribution in [3.8, 4) is 0 Å². The van der Waals surface area contributed by atoms with E-state index >= 15 is 0 Å². The van der Waals surface area contributed by atoms with E-state index in [9.17, 15) is 9.59 Å². The van der Waals surface area contributed by atoms with Crippen molar-refractivity contribution in [2.24, 2.45) is 0 Å². The van der Waals surface area contributed by atoms with E-state index in [-0.39, 0.29) is 17.5 Å². The van der Waals surface area contributed by atoms with Crippen molar-refractivity contribution >= 4 is 11.8 Å². The quantitative estimate of drug-likeness (QED) is 0.323. The van der Waals surface area contributed by atoms with Gasteiger partial charge in [-0.2, -0.15) is 0 Å². The van der Waals surface area contributed by atoms with E-state index in [1.807, 2.05) is 0 Å². The molecule has 0 saturated heterocycles. The van der Waals surface area contributed by atoms with E-state index < -0.39 is 0 Å². The number of aromatic nitrogens is 5. The lowest BCUT2D eigenvalue weighted by Crippen LogP contribution is -2.38. The van der Waals surface area contributed by atoms with Crippen LogP contribution in [0.3, 0.4) is 0 Å². The predicted octanol–water partition coefficient (Wildman–Crippen LogP) is 3.00. The van der Waals surface area contributed by atoms with Crippen LogP contribution in [0.4, 0.5) is 0 Å². The number of imidazole rings is 2. The van der Waals surface area contributed by atoms with Gasteiger partial charge in [0.15, 0.2) is 0 Å². The lowest BCUT2D eigenvalue weighted by Gasteiger charge is -2.30. The van der Waals surface area contributed by atoms with Gasteiger partial charge in [-0.1, -0.05) is 0 Å². The molecular formula is C25H36N8O2. The van der Waals surface area contributed by atoms with Crippen molar-refractivity contribution in [2.75, 3.05) is 13.1 Å². The van der Waals surface area contributed by atoms with Gasteiger partial charge in [0.1, 0.15) is 17.3 Å². The Bertz CT molecular complexity index is 986. The number of aromatic amines is 2. The first-order valence-corrected chi connectivity index (χ1v) is 12.1. The highest BCUT2D eigenvalue weighted by Crippen LogP contribution is 2.11. The van der Waals surface area contributed by atoms with Crippen LogP contribution in [0, 0.1) is 0 Å². The predicted molar refractivity (Wildman–Crippen MR) is 134 cm³/mol. The Kier molecular flexibility index (Phi) is 9.54. The Balaban J connectivity index is 1.53. The van der Waals surface area contributed by atoms with Crippen LogP contribution in [-0.4, -0.2) is 71.7 Å². The summed E-state index contributed by atoms with van der Waals surface area (Å²) >= 11 is 0. The second kappa shape index (κ2) is 12.8. The summed E-state index contributed by atoms with van der Waals surface area (Å²) in [5, 5.41) is 2.92. The Morgan fingerprint density at radius 1 is 0.914 bits per heavy atom. The summed E-state index contributed by atoms with van der Waals surface area (Å²) in [5.41, 5.74) is 0.679. The first kappa shape index (κ1) is 26.1. The van der Waals surface area contributed by atoms with Crippen LogP contribution in [-0.2, 0) is 13.1 Å². The number of amides is 2. The molecule has 0 unspecified atom stereocenters. The zero-order valence-corrected chi connectivity index (χ0v) is 21.0. The Hall–Kier alpha value is -3.53.